The van der Waals surface area contributed by atoms with Crippen LogP contribution in [-0.4, -0.2) is 52.1 Å². The van der Waals surface area contributed by atoms with Gasteiger partial charge in [-0.3, -0.25) is 19.4 Å². The number of H-pyrrole nitrogens is 1. The number of hydrogen-bond donors (Lipinski definition) is 5. The Labute approximate surface area is 242 Å². The number of thiazole rings is 1. The third kappa shape index (κ3) is 5.58. The summed E-state index contributed by atoms with van der Waals surface area (Å²) >= 11 is 1.30. The fraction of sp³-hybridized carbons (Fsp3) is 0.179. The molecule has 1 amide bonds. The number of rotatable bonds is 11. The molecule has 0 saturated carbocycles. The van der Waals surface area contributed by atoms with Crippen LogP contribution in [-0.2, 0) is 19.5 Å². The molecule has 0 bridgehead atoms. The summed E-state index contributed by atoms with van der Waals surface area (Å²) in [5.41, 5.74) is 5.11. The van der Waals surface area contributed by atoms with E-state index in [9.17, 15) is 9.59 Å². The van der Waals surface area contributed by atoms with E-state index < -0.39 is 5.91 Å². The van der Waals surface area contributed by atoms with Crippen LogP contribution >= 0.6 is 11.3 Å². The number of imidazole rings is 1. The summed E-state index contributed by atoms with van der Waals surface area (Å²) in [7, 11) is 0. The first-order chi connectivity index (χ1) is 20.6. The molecule has 0 aliphatic carbocycles. The van der Waals surface area contributed by atoms with Gasteiger partial charge in [-0.2, -0.15) is 0 Å². The molecular weight excluding hydrogens is 556 g/mol. The second kappa shape index (κ2) is 12.2. The first-order valence-corrected chi connectivity index (χ1v) is 14.1. The van der Waals surface area contributed by atoms with E-state index in [0.717, 1.165) is 16.8 Å². The summed E-state index contributed by atoms with van der Waals surface area (Å²) in [6.45, 7) is 1.40. The van der Waals surface area contributed by atoms with Crippen molar-refractivity contribution in [3.63, 3.8) is 0 Å². The minimum absolute atomic E-state index is 0.141. The van der Waals surface area contributed by atoms with Crippen molar-refractivity contribution in [1.29, 1.82) is 0 Å². The number of carbonyl (C=O) groups is 1. The average Bonchev–Trinajstić information content (AvgIpc) is 3.70. The second-order valence-corrected chi connectivity index (χ2v) is 10.3. The van der Waals surface area contributed by atoms with Crippen LogP contribution in [0.4, 0.5) is 5.82 Å². The number of fused-ring (bicyclic) bond motifs is 2. The van der Waals surface area contributed by atoms with Gasteiger partial charge in [0.25, 0.3) is 11.5 Å². The zero-order valence-corrected chi connectivity index (χ0v) is 23.1. The summed E-state index contributed by atoms with van der Waals surface area (Å²) in [5, 5.41) is 18.2. The van der Waals surface area contributed by atoms with Crippen LogP contribution < -0.4 is 21.7 Å². The number of amides is 1. The molecular formula is C28H26N10O3S. The second-order valence-electron chi connectivity index (χ2n) is 9.34. The third-order valence-corrected chi connectivity index (χ3v) is 7.49. The van der Waals surface area contributed by atoms with E-state index in [2.05, 4.69) is 35.6 Å². The van der Waals surface area contributed by atoms with Gasteiger partial charge in [0.15, 0.2) is 11.5 Å². The molecule has 0 radical (unpaired) electrons. The Kier molecular flexibility index (Phi) is 7.89. The van der Waals surface area contributed by atoms with Crippen LogP contribution in [0, 0.1) is 0 Å². The van der Waals surface area contributed by atoms with E-state index in [-0.39, 0.29) is 11.3 Å². The van der Waals surface area contributed by atoms with Gasteiger partial charge >= 0.3 is 0 Å². The summed E-state index contributed by atoms with van der Waals surface area (Å²) in [5.74, 6) is 0.680. The first-order valence-electron chi connectivity index (χ1n) is 13.2. The van der Waals surface area contributed by atoms with Gasteiger partial charge in [-0.1, -0.05) is 30.3 Å². The summed E-state index contributed by atoms with van der Waals surface area (Å²) in [6, 6.07) is 15.2. The Hall–Kier alpha value is -5.05. The predicted octanol–water partition coefficient (Wildman–Crippen LogP) is 2.96. The van der Waals surface area contributed by atoms with Gasteiger partial charge in [-0.15, -0.1) is 11.3 Å². The molecule has 4 heterocycles. The topological polar surface area (TPSA) is 176 Å². The van der Waals surface area contributed by atoms with E-state index in [1.54, 1.807) is 21.8 Å². The van der Waals surface area contributed by atoms with Crippen LogP contribution in [0.2, 0.25) is 0 Å². The van der Waals surface area contributed by atoms with Gasteiger partial charge < -0.3 is 15.6 Å². The number of anilines is 1. The normalized spacial score (nSPS) is 11.3. The van der Waals surface area contributed by atoms with Gasteiger partial charge in [0.2, 0.25) is 0 Å². The quantitative estimate of drug-likeness (QED) is 0.0867. The molecule has 6 rings (SSSR count). The molecule has 42 heavy (non-hydrogen) atoms. The lowest BCUT2D eigenvalue weighted by Gasteiger charge is -2.16. The molecule has 0 fully saturated rings. The maximum Gasteiger partial charge on any atom is 0.294 e. The maximum atomic E-state index is 14.1. The zero-order chi connectivity index (χ0) is 28.9. The lowest BCUT2D eigenvalue weighted by atomic mass is 10.1. The smallest absolute Gasteiger partial charge is 0.294 e. The fourth-order valence-electron chi connectivity index (χ4n) is 4.71. The number of hydrogen-bond acceptors (Lipinski definition) is 11. The number of carbonyl (C=O) groups excluding carboxylic acids is 1. The molecule has 0 unspecified atom stereocenters. The third-order valence-electron chi connectivity index (χ3n) is 6.64. The number of benzene rings is 2. The van der Waals surface area contributed by atoms with E-state index in [0.29, 0.717) is 65.7 Å². The van der Waals surface area contributed by atoms with Crippen molar-refractivity contribution in [3.05, 3.63) is 99.0 Å². The molecule has 0 spiro atoms. The molecule has 0 saturated heterocycles. The SMILES string of the molecule is O=C(NO)c1csc(CNCc2cccc3nc(CCCNc4ncnc5nc[nH]c45)n(-c4ccccc4)c(=O)c23)n1. The molecule has 13 nitrogen and oxygen atoms in total. The van der Waals surface area contributed by atoms with Gasteiger partial charge in [0.05, 0.1) is 22.9 Å². The van der Waals surface area contributed by atoms with Crippen LogP contribution in [0.5, 0.6) is 0 Å². The maximum absolute atomic E-state index is 14.1. The van der Waals surface area contributed by atoms with Crippen LogP contribution in [0.15, 0.2) is 71.4 Å². The molecule has 0 aliphatic heterocycles. The highest BCUT2D eigenvalue weighted by atomic mass is 32.1. The number of aromatic amines is 1. The fourth-order valence-corrected chi connectivity index (χ4v) is 5.46. The number of nitrogens with one attached hydrogen (secondary N) is 4. The minimum Gasteiger partial charge on any atom is -0.368 e. The zero-order valence-electron chi connectivity index (χ0n) is 22.2. The average molecular weight is 583 g/mol. The van der Waals surface area contributed by atoms with Crippen LogP contribution in [0.3, 0.4) is 0 Å². The van der Waals surface area contributed by atoms with Crippen molar-refractivity contribution < 1.29 is 10.0 Å². The van der Waals surface area contributed by atoms with Crippen molar-refractivity contribution in [3.8, 4) is 5.69 Å². The lowest BCUT2D eigenvalue weighted by Crippen LogP contribution is -2.26. The Morgan fingerprint density at radius 1 is 1.02 bits per heavy atom. The Balaban J connectivity index is 1.24. The van der Waals surface area contributed by atoms with Crippen LogP contribution in [0.1, 0.15) is 33.3 Å². The molecule has 2 aromatic carbocycles. The number of para-hydroxylation sites is 1. The highest BCUT2D eigenvalue weighted by molar-refractivity contribution is 7.09. The number of aromatic nitrogens is 7. The van der Waals surface area contributed by atoms with Crippen molar-refractivity contribution >= 4 is 45.1 Å². The molecule has 0 atom stereocenters. The summed E-state index contributed by atoms with van der Waals surface area (Å²) in [4.78, 5) is 50.5. The number of hydroxylamine groups is 1. The standard InChI is InChI=1S/C28H26N10O3S/c39-27(37-41)20-14-42-22(36-20)13-29-12-17-6-4-9-19-23(17)28(40)38(18-7-2-1-3-8-18)21(35-19)10-5-11-30-25-24-26(32-15-31-24)34-16-33-25/h1-4,6-9,14-16,29,41H,5,10-13H2,(H,37,39)(H2,30,31,32,33,34). The van der Waals surface area contributed by atoms with E-state index in [1.165, 1.54) is 17.7 Å². The van der Waals surface area contributed by atoms with E-state index in [4.69, 9.17) is 10.2 Å². The van der Waals surface area contributed by atoms with Gasteiger partial charge in [-0.05, 0) is 30.2 Å². The minimum atomic E-state index is -0.658. The molecule has 4 aromatic heterocycles. The van der Waals surface area contributed by atoms with Gasteiger partial charge in [0.1, 0.15) is 28.4 Å². The Bertz CT molecular complexity index is 1920. The van der Waals surface area contributed by atoms with Gasteiger partial charge in [0, 0.05) is 31.4 Å². The van der Waals surface area contributed by atoms with Crippen molar-refractivity contribution in [2.45, 2.75) is 25.9 Å². The highest BCUT2D eigenvalue weighted by Crippen LogP contribution is 2.19. The Morgan fingerprint density at radius 3 is 2.76 bits per heavy atom. The highest BCUT2D eigenvalue weighted by Gasteiger charge is 2.16. The number of nitrogens with zero attached hydrogens (tertiary/aromatic N) is 6. The lowest BCUT2D eigenvalue weighted by molar-refractivity contribution is 0.0701. The summed E-state index contributed by atoms with van der Waals surface area (Å²) < 4.78 is 1.68. The monoisotopic (exact) mass is 582 g/mol. The van der Waals surface area contributed by atoms with Crippen LogP contribution in [0.25, 0.3) is 27.8 Å². The van der Waals surface area contributed by atoms with Gasteiger partial charge in [-0.25, -0.2) is 30.4 Å². The van der Waals surface area contributed by atoms with Crippen molar-refractivity contribution in [1.82, 2.24) is 45.3 Å². The number of aryl methyl sites for hydroxylation is 1. The largest absolute Gasteiger partial charge is 0.368 e. The Morgan fingerprint density at radius 2 is 1.90 bits per heavy atom. The van der Waals surface area contributed by atoms with Crippen molar-refractivity contribution in [2.24, 2.45) is 0 Å². The van der Waals surface area contributed by atoms with E-state index in [1.807, 2.05) is 48.5 Å². The molecule has 212 valence electrons. The predicted molar refractivity (Wildman–Crippen MR) is 158 cm³/mol. The molecule has 14 heteroatoms. The molecule has 6 aromatic rings. The molecule has 0 aliphatic rings. The first kappa shape index (κ1) is 27.1. The van der Waals surface area contributed by atoms with Crippen molar-refractivity contribution in [2.75, 3.05) is 11.9 Å². The summed E-state index contributed by atoms with van der Waals surface area (Å²) in [6.07, 6.45) is 4.32. The molecule has 5 N–H and O–H groups in total. The van der Waals surface area contributed by atoms with E-state index >= 15 is 0 Å².